The maximum atomic E-state index is 11.1. The van der Waals surface area contributed by atoms with Crippen molar-refractivity contribution in [3.05, 3.63) is 75.8 Å². The standard InChI is InChI=1S/C35H46N2O3.2C2H4O2.Co/c1-10-12-23-16-25(32(38)28(18-23)34(3,4)5)21-36-30-15-14-27(40-9)20-31(30)37-22-26-17-24(13-11-2)19-29(33(26)39)35(6,7)8;2*1-2(3)4;/h14-22,38-39H,10-13H2,1-9H3;2*1H3,(H,3,4);/q;;;+2/p-2. The van der Waals surface area contributed by atoms with E-state index in [1.54, 1.807) is 19.5 Å². The summed E-state index contributed by atoms with van der Waals surface area (Å²) < 4.78 is 5.46. The number of benzene rings is 3. The van der Waals surface area contributed by atoms with Crippen molar-refractivity contribution in [1.82, 2.24) is 0 Å². The topological polar surface area (TPSA) is 155 Å². The summed E-state index contributed by atoms with van der Waals surface area (Å²) in [5, 5.41) is 40.0. The van der Waals surface area contributed by atoms with Gasteiger partial charge in [0, 0.05) is 52.7 Å². The van der Waals surface area contributed by atoms with Crippen LogP contribution in [0, 0.1) is 0 Å². The smallest absolute Gasteiger partial charge is 0.550 e. The molecule has 2 N–H and O–H groups in total. The monoisotopic (exact) mass is 719 g/mol. The van der Waals surface area contributed by atoms with E-state index >= 15 is 0 Å². The van der Waals surface area contributed by atoms with Crippen LogP contribution in [-0.2, 0) is 50.0 Å². The van der Waals surface area contributed by atoms with Crippen molar-refractivity contribution in [2.24, 2.45) is 9.98 Å². The number of hydrogen-bond donors (Lipinski definition) is 2. The molecule has 9 nitrogen and oxygen atoms in total. The Bertz CT molecular complexity index is 1580. The minimum atomic E-state index is -1.08. The molecular formula is C39H52CoN2O7. The number of carboxylic acids is 2. The number of aliphatic imine (C=N–C) groups is 2. The van der Waals surface area contributed by atoms with Gasteiger partial charge in [0.1, 0.15) is 17.2 Å². The summed E-state index contributed by atoms with van der Waals surface area (Å²) in [6.45, 7) is 18.9. The summed E-state index contributed by atoms with van der Waals surface area (Å²) in [4.78, 5) is 27.3. The molecule has 0 heterocycles. The Morgan fingerprint density at radius 1 is 0.714 bits per heavy atom. The van der Waals surface area contributed by atoms with Crippen LogP contribution in [0.2, 0.25) is 0 Å². The fourth-order valence-corrected chi connectivity index (χ4v) is 4.77. The number of rotatable bonds is 9. The van der Waals surface area contributed by atoms with Gasteiger partial charge < -0.3 is 34.8 Å². The summed E-state index contributed by atoms with van der Waals surface area (Å²) in [5.41, 5.74) is 6.35. The van der Waals surface area contributed by atoms with Crippen LogP contribution in [0.4, 0.5) is 11.4 Å². The minimum Gasteiger partial charge on any atom is -0.550 e. The Hall–Kier alpha value is -4.15. The maximum Gasteiger partial charge on any atom is 2.00 e. The number of carbonyl (C=O) groups excluding carboxylic acids is 2. The largest absolute Gasteiger partial charge is 2.00 e. The maximum absolute atomic E-state index is 11.1. The second-order valence-corrected chi connectivity index (χ2v) is 13.5. The Morgan fingerprint density at radius 2 is 1.08 bits per heavy atom. The third-order valence-corrected chi connectivity index (χ3v) is 6.96. The van der Waals surface area contributed by atoms with Crippen LogP contribution in [0.15, 0.2) is 52.4 Å². The molecule has 0 fully saturated rings. The number of carbonyl (C=O) groups is 2. The van der Waals surface area contributed by atoms with Crippen LogP contribution in [0.5, 0.6) is 17.2 Å². The number of aliphatic carboxylic acids is 2. The van der Waals surface area contributed by atoms with E-state index in [1.807, 2.05) is 30.3 Å². The first-order valence-corrected chi connectivity index (χ1v) is 16.1. The molecule has 3 rings (SSSR count). The van der Waals surface area contributed by atoms with Crippen LogP contribution in [0.3, 0.4) is 0 Å². The van der Waals surface area contributed by atoms with Crippen LogP contribution in [0.25, 0.3) is 0 Å². The number of nitrogens with zero attached hydrogens (tertiary/aromatic N) is 2. The molecule has 49 heavy (non-hydrogen) atoms. The van der Waals surface area contributed by atoms with Gasteiger partial charge in [-0.05, 0) is 72.9 Å². The van der Waals surface area contributed by atoms with E-state index in [2.05, 4.69) is 67.5 Å². The molecule has 3 aromatic carbocycles. The molecule has 0 unspecified atom stereocenters. The number of ether oxygens (including phenoxy) is 1. The number of methoxy groups -OCH3 is 1. The summed E-state index contributed by atoms with van der Waals surface area (Å²) in [6.07, 6.45) is 7.31. The van der Waals surface area contributed by atoms with Crippen molar-refractivity contribution in [1.29, 1.82) is 0 Å². The molecule has 0 spiro atoms. The van der Waals surface area contributed by atoms with Gasteiger partial charge in [-0.3, -0.25) is 9.98 Å². The average Bonchev–Trinajstić information content (AvgIpc) is 2.96. The van der Waals surface area contributed by atoms with Gasteiger partial charge in [-0.15, -0.1) is 0 Å². The van der Waals surface area contributed by atoms with Gasteiger partial charge in [0.2, 0.25) is 0 Å². The number of aryl methyl sites for hydroxylation is 2. The first-order chi connectivity index (χ1) is 22.2. The zero-order valence-electron chi connectivity index (χ0n) is 30.7. The van der Waals surface area contributed by atoms with Crippen molar-refractivity contribution < 1.29 is 51.5 Å². The summed E-state index contributed by atoms with van der Waals surface area (Å²) >= 11 is 0. The fourth-order valence-electron chi connectivity index (χ4n) is 4.77. The summed E-state index contributed by atoms with van der Waals surface area (Å²) in [6, 6.07) is 13.7. The Morgan fingerprint density at radius 3 is 1.41 bits per heavy atom. The van der Waals surface area contributed by atoms with E-state index in [-0.39, 0.29) is 39.1 Å². The number of phenols is 2. The molecule has 0 amide bonds. The molecule has 0 saturated carbocycles. The number of aromatic hydroxyl groups is 2. The molecule has 0 aliphatic heterocycles. The van der Waals surface area contributed by atoms with E-state index in [0.717, 1.165) is 50.7 Å². The van der Waals surface area contributed by atoms with Gasteiger partial charge >= 0.3 is 16.8 Å². The zero-order chi connectivity index (χ0) is 36.8. The molecular weight excluding hydrogens is 667 g/mol. The first kappa shape index (κ1) is 44.8. The normalized spacial score (nSPS) is 11.2. The molecule has 0 bridgehead atoms. The van der Waals surface area contributed by atoms with Gasteiger partial charge in [-0.2, -0.15) is 0 Å². The van der Waals surface area contributed by atoms with Crippen molar-refractivity contribution in [3.8, 4) is 17.2 Å². The van der Waals surface area contributed by atoms with E-state index < -0.39 is 11.9 Å². The van der Waals surface area contributed by atoms with E-state index in [9.17, 15) is 10.2 Å². The Labute approximate surface area is 302 Å². The van der Waals surface area contributed by atoms with Crippen molar-refractivity contribution in [3.63, 3.8) is 0 Å². The van der Waals surface area contributed by atoms with Crippen molar-refractivity contribution >= 4 is 35.7 Å². The molecule has 0 aliphatic carbocycles. The summed E-state index contributed by atoms with van der Waals surface area (Å²) in [7, 11) is 1.62. The van der Waals surface area contributed by atoms with Gasteiger partial charge in [-0.25, -0.2) is 0 Å². The molecule has 269 valence electrons. The zero-order valence-corrected chi connectivity index (χ0v) is 31.7. The first-order valence-electron chi connectivity index (χ1n) is 16.1. The predicted molar refractivity (Wildman–Crippen MR) is 190 cm³/mol. The molecule has 0 aliphatic rings. The quantitative estimate of drug-likeness (QED) is 0.236. The Kier molecular flexibility index (Phi) is 18.7. The third-order valence-electron chi connectivity index (χ3n) is 6.96. The third kappa shape index (κ3) is 15.3. The molecule has 0 aromatic heterocycles. The molecule has 10 heteroatoms. The predicted octanol–water partition coefficient (Wildman–Crippen LogP) is 6.62. The van der Waals surface area contributed by atoms with Gasteiger partial charge in [-0.1, -0.05) is 80.4 Å². The van der Waals surface area contributed by atoms with Crippen LogP contribution < -0.4 is 14.9 Å². The number of hydrogen-bond acceptors (Lipinski definition) is 9. The molecule has 0 saturated heterocycles. The number of carboxylic acid groups (broad SMARTS) is 2. The van der Waals surface area contributed by atoms with Gasteiger partial charge in [0.25, 0.3) is 0 Å². The SMILES string of the molecule is CC(=O)[O-].CC(=O)[O-].CCCc1cc(C=Nc2ccc(OC)cc2N=Cc2cc(CCC)cc(C(C)(C)C)c2O)c(O)c(C(C)(C)C)c1.[Co+2]. The van der Waals surface area contributed by atoms with Gasteiger partial charge in [0.15, 0.2) is 0 Å². The van der Waals surface area contributed by atoms with E-state index in [4.69, 9.17) is 34.5 Å². The van der Waals surface area contributed by atoms with Crippen LogP contribution >= 0.6 is 0 Å². The van der Waals surface area contributed by atoms with Gasteiger partial charge in [0.05, 0.1) is 18.5 Å². The number of phenolic OH excluding ortho intramolecular Hbond substituents is 2. The second kappa shape index (κ2) is 20.4. The second-order valence-electron chi connectivity index (χ2n) is 13.5. The van der Waals surface area contributed by atoms with Crippen LogP contribution in [-0.4, -0.2) is 41.7 Å². The molecule has 0 atom stereocenters. The Balaban J connectivity index is 0.00000230. The molecule has 3 aromatic rings. The van der Waals surface area contributed by atoms with Crippen molar-refractivity contribution in [2.75, 3.05) is 7.11 Å². The van der Waals surface area contributed by atoms with Crippen LogP contribution in [0.1, 0.15) is 115 Å². The van der Waals surface area contributed by atoms with Crippen molar-refractivity contribution in [2.45, 2.75) is 106 Å². The summed E-state index contributed by atoms with van der Waals surface area (Å²) in [5.74, 6) is -1.01. The van der Waals surface area contributed by atoms with E-state index in [1.165, 1.54) is 11.1 Å². The fraction of sp³-hybridized carbons (Fsp3) is 0.436. The minimum absolute atomic E-state index is 0. The van der Waals surface area contributed by atoms with E-state index in [0.29, 0.717) is 28.3 Å². The average molecular weight is 720 g/mol. The molecule has 1 radical (unpaired) electrons.